The number of carboxylic acid groups (broad SMARTS) is 1. The van der Waals surface area contributed by atoms with Crippen LogP contribution in [0.1, 0.15) is 16.1 Å². The third-order valence-corrected chi connectivity index (χ3v) is 3.25. The van der Waals surface area contributed by atoms with E-state index in [4.69, 9.17) is 0 Å². The van der Waals surface area contributed by atoms with Gasteiger partial charge in [0.05, 0.1) is 5.69 Å². The number of halogens is 1. The second kappa shape index (κ2) is 5.40. The summed E-state index contributed by atoms with van der Waals surface area (Å²) in [5.41, 5.74) is 2.25. The number of benzene rings is 2. The van der Waals surface area contributed by atoms with Gasteiger partial charge in [-0.05, 0) is 25.1 Å². The molecule has 1 heterocycles. The maximum atomic E-state index is 13.4. The molecule has 0 amide bonds. The number of hydrogen-bond acceptors (Lipinski definition) is 3. The van der Waals surface area contributed by atoms with Gasteiger partial charge in [-0.1, -0.05) is 41.1 Å². The molecule has 0 fully saturated rings. The van der Waals surface area contributed by atoms with E-state index < -0.39 is 11.8 Å². The number of aryl methyl sites for hydroxylation is 1. The van der Waals surface area contributed by atoms with Crippen LogP contribution in [0.3, 0.4) is 0 Å². The highest BCUT2D eigenvalue weighted by molar-refractivity contribution is 5.93. The Hall–Kier alpha value is -3.02. The minimum Gasteiger partial charge on any atom is -0.476 e. The van der Waals surface area contributed by atoms with E-state index in [0.717, 1.165) is 5.56 Å². The van der Waals surface area contributed by atoms with Gasteiger partial charge >= 0.3 is 5.97 Å². The van der Waals surface area contributed by atoms with E-state index in [2.05, 4.69) is 10.3 Å². The highest BCUT2D eigenvalue weighted by Gasteiger charge is 2.21. The summed E-state index contributed by atoms with van der Waals surface area (Å²) in [5.74, 6) is -1.61. The quantitative estimate of drug-likeness (QED) is 0.806. The molecular formula is C16H12FN3O2. The third-order valence-electron chi connectivity index (χ3n) is 3.25. The number of hydrogen-bond donors (Lipinski definition) is 1. The molecule has 0 bridgehead atoms. The van der Waals surface area contributed by atoms with Crippen LogP contribution in [0, 0.1) is 12.7 Å². The van der Waals surface area contributed by atoms with Crippen molar-refractivity contribution in [2.75, 3.05) is 0 Å². The molecule has 110 valence electrons. The van der Waals surface area contributed by atoms with Gasteiger partial charge in [0.1, 0.15) is 11.5 Å². The van der Waals surface area contributed by atoms with Crippen molar-refractivity contribution in [3.05, 3.63) is 65.6 Å². The zero-order valence-electron chi connectivity index (χ0n) is 11.7. The minimum atomic E-state index is -1.18. The van der Waals surface area contributed by atoms with Crippen LogP contribution in [0.25, 0.3) is 16.9 Å². The van der Waals surface area contributed by atoms with Crippen molar-refractivity contribution in [2.24, 2.45) is 0 Å². The molecule has 0 saturated carbocycles. The van der Waals surface area contributed by atoms with Gasteiger partial charge in [0.2, 0.25) is 0 Å². The van der Waals surface area contributed by atoms with Crippen LogP contribution in [0.15, 0.2) is 48.5 Å². The van der Waals surface area contributed by atoms with E-state index in [1.54, 1.807) is 18.2 Å². The maximum Gasteiger partial charge on any atom is 0.358 e. The Morgan fingerprint density at radius 2 is 1.91 bits per heavy atom. The number of aromatic nitrogens is 3. The van der Waals surface area contributed by atoms with Crippen molar-refractivity contribution >= 4 is 5.97 Å². The third kappa shape index (κ3) is 2.46. The zero-order valence-corrected chi connectivity index (χ0v) is 11.7. The first-order valence-corrected chi connectivity index (χ1v) is 6.58. The lowest BCUT2D eigenvalue weighted by Crippen LogP contribution is -2.03. The van der Waals surface area contributed by atoms with E-state index in [1.807, 2.05) is 19.1 Å². The zero-order chi connectivity index (χ0) is 15.7. The first-order valence-electron chi connectivity index (χ1n) is 6.58. The van der Waals surface area contributed by atoms with E-state index in [1.165, 1.54) is 22.9 Å². The van der Waals surface area contributed by atoms with Crippen molar-refractivity contribution in [2.45, 2.75) is 6.92 Å². The van der Waals surface area contributed by atoms with E-state index in [-0.39, 0.29) is 5.69 Å². The standard InChI is InChI=1S/C16H12FN3O2/c1-10-5-7-11(8-6-10)15-14(16(21)22)18-19-20(15)13-4-2-3-12(17)9-13/h2-9H,1H3,(H,21,22). The lowest BCUT2D eigenvalue weighted by atomic mass is 10.1. The normalized spacial score (nSPS) is 10.6. The smallest absolute Gasteiger partial charge is 0.358 e. The Kier molecular flexibility index (Phi) is 3.42. The van der Waals surface area contributed by atoms with Crippen molar-refractivity contribution in [1.29, 1.82) is 0 Å². The SMILES string of the molecule is Cc1ccc(-c2c(C(=O)O)nnn2-c2cccc(F)c2)cc1. The maximum absolute atomic E-state index is 13.4. The fourth-order valence-corrected chi connectivity index (χ4v) is 2.18. The second-order valence-electron chi connectivity index (χ2n) is 4.85. The summed E-state index contributed by atoms with van der Waals surface area (Å²) in [4.78, 5) is 11.4. The molecule has 0 atom stereocenters. The predicted molar refractivity (Wildman–Crippen MR) is 78.4 cm³/mol. The molecule has 0 aliphatic heterocycles. The van der Waals surface area contributed by atoms with Gasteiger partial charge in [0.15, 0.2) is 5.69 Å². The molecule has 2 aromatic carbocycles. The molecule has 5 nitrogen and oxygen atoms in total. The van der Waals surface area contributed by atoms with Crippen LogP contribution < -0.4 is 0 Å². The second-order valence-corrected chi connectivity index (χ2v) is 4.85. The van der Waals surface area contributed by atoms with Gasteiger partial charge in [-0.25, -0.2) is 13.9 Å². The Balaban J connectivity index is 2.24. The summed E-state index contributed by atoms with van der Waals surface area (Å²) in [7, 11) is 0. The average Bonchev–Trinajstić information content (AvgIpc) is 2.93. The largest absolute Gasteiger partial charge is 0.476 e. The summed E-state index contributed by atoms with van der Waals surface area (Å²) in [6.45, 7) is 1.93. The number of carbonyl (C=O) groups is 1. The highest BCUT2D eigenvalue weighted by Crippen LogP contribution is 2.26. The first-order chi connectivity index (χ1) is 10.6. The molecule has 3 aromatic rings. The van der Waals surface area contributed by atoms with Gasteiger partial charge in [0, 0.05) is 5.56 Å². The van der Waals surface area contributed by atoms with Crippen LogP contribution in [0.2, 0.25) is 0 Å². The van der Waals surface area contributed by atoms with Gasteiger partial charge in [-0.15, -0.1) is 5.10 Å². The van der Waals surface area contributed by atoms with Crippen molar-refractivity contribution in [1.82, 2.24) is 15.0 Å². The molecule has 0 saturated heterocycles. The molecule has 6 heteroatoms. The Morgan fingerprint density at radius 3 is 2.55 bits per heavy atom. The fourth-order valence-electron chi connectivity index (χ4n) is 2.18. The number of nitrogens with zero attached hydrogens (tertiary/aromatic N) is 3. The van der Waals surface area contributed by atoms with Gasteiger partial charge in [0.25, 0.3) is 0 Å². The summed E-state index contributed by atoms with van der Waals surface area (Å²) in [6.07, 6.45) is 0. The molecular weight excluding hydrogens is 285 g/mol. The van der Waals surface area contributed by atoms with E-state index >= 15 is 0 Å². The predicted octanol–water partition coefficient (Wildman–Crippen LogP) is 3.08. The molecule has 0 aliphatic rings. The number of rotatable bonds is 3. The first kappa shape index (κ1) is 13.9. The molecule has 1 aromatic heterocycles. The van der Waals surface area contributed by atoms with Crippen LogP contribution >= 0.6 is 0 Å². The van der Waals surface area contributed by atoms with Crippen molar-refractivity contribution < 1.29 is 14.3 Å². The molecule has 0 spiro atoms. The van der Waals surface area contributed by atoms with Crippen molar-refractivity contribution in [3.8, 4) is 16.9 Å². The van der Waals surface area contributed by atoms with Gasteiger partial charge in [-0.2, -0.15) is 0 Å². The molecule has 0 unspecified atom stereocenters. The number of carboxylic acids is 1. The monoisotopic (exact) mass is 297 g/mol. The Bertz CT molecular complexity index is 841. The lowest BCUT2D eigenvalue weighted by Gasteiger charge is -2.07. The van der Waals surface area contributed by atoms with Crippen LogP contribution in [0.5, 0.6) is 0 Å². The summed E-state index contributed by atoms with van der Waals surface area (Å²) < 4.78 is 14.8. The van der Waals surface area contributed by atoms with Crippen LogP contribution in [0.4, 0.5) is 4.39 Å². The van der Waals surface area contributed by atoms with E-state index in [0.29, 0.717) is 16.9 Å². The lowest BCUT2D eigenvalue weighted by molar-refractivity contribution is 0.0691. The highest BCUT2D eigenvalue weighted by atomic mass is 19.1. The topological polar surface area (TPSA) is 68.0 Å². The summed E-state index contributed by atoms with van der Waals surface area (Å²) >= 11 is 0. The number of aromatic carboxylic acids is 1. The summed E-state index contributed by atoms with van der Waals surface area (Å²) in [5, 5.41) is 16.9. The summed E-state index contributed by atoms with van der Waals surface area (Å²) in [6, 6.07) is 13.1. The van der Waals surface area contributed by atoms with Gasteiger partial charge in [-0.3, -0.25) is 0 Å². The van der Waals surface area contributed by atoms with Crippen LogP contribution in [-0.2, 0) is 0 Å². The molecule has 22 heavy (non-hydrogen) atoms. The van der Waals surface area contributed by atoms with Crippen LogP contribution in [-0.4, -0.2) is 26.1 Å². The fraction of sp³-hybridized carbons (Fsp3) is 0.0625. The van der Waals surface area contributed by atoms with E-state index in [9.17, 15) is 14.3 Å². The van der Waals surface area contributed by atoms with Crippen molar-refractivity contribution in [3.63, 3.8) is 0 Å². The minimum absolute atomic E-state index is 0.173. The molecule has 3 rings (SSSR count). The van der Waals surface area contributed by atoms with Gasteiger partial charge < -0.3 is 5.11 Å². The molecule has 1 N–H and O–H groups in total. The Morgan fingerprint density at radius 1 is 1.18 bits per heavy atom. The Labute approximate surface area is 125 Å². The molecule has 0 radical (unpaired) electrons. The average molecular weight is 297 g/mol. The molecule has 0 aliphatic carbocycles.